The Bertz CT molecular complexity index is 720. The van der Waals surface area contributed by atoms with Crippen LogP contribution in [-0.2, 0) is 0 Å². The first-order valence-corrected chi connectivity index (χ1v) is 8.46. The zero-order valence-corrected chi connectivity index (χ0v) is 13.8. The number of anilines is 2. The first kappa shape index (κ1) is 13.8. The first-order valence-electron chi connectivity index (χ1n) is 7.67. The minimum Gasteiger partial charge on any atom is -0.362 e. The molecular weight excluding hydrogens is 340 g/mol. The number of amides is 1. The van der Waals surface area contributed by atoms with E-state index in [9.17, 15) is 4.79 Å². The Hall–Kier alpha value is -1.81. The SMILES string of the molecule is O=C1c2ccccc2NC2(CCCC2)N1c1ccc(Br)cc1. The third-order valence-corrected chi connectivity index (χ3v) is 5.20. The van der Waals surface area contributed by atoms with Crippen molar-refractivity contribution < 1.29 is 4.79 Å². The minimum absolute atomic E-state index is 0.0959. The number of carbonyl (C=O) groups is 1. The van der Waals surface area contributed by atoms with E-state index in [-0.39, 0.29) is 11.6 Å². The van der Waals surface area contributed by atoms with Crippen LogP contribution in [0.2, 0.25) is 0 Å². The van der Waals surface area contributed by atoms with Crippen molar-refractivity contribution in [3.05, 3.63) is 58.6 Å². The van der Waals surface area contributed by atoms with Gasteiger partial charge in [0, 0.05) is 15.8 Å². The number of para-hydroxylation sites is 1. The molecule has 0 aromatic heterocycles. The topological polar surface area (TPSA) is 32.3 Å². The lowest BCUT2D eigenvalue weighted by atomic mass is 9.96. The van der Waals surface area contributed by atoms with Gasteiger partial charge in [0.25, 0.3) is 5.91 Å². The molecule has 112 valence electrons. The van der Waals surface area contributed by atoms with Crippen molar-refractivity contribution in [1.82, 2.24) is 0 Å². The Morgan fingerprint density at radius 3 is 2.41 bits per heavy atom. The number of hydrogen-bond acceptors (Lipinski definition) is 2. The molecule has 0 bridgehead atoms. The molecule has 2 aromatic carbocycles. The van der Waals surface area contributed by atoms with E-state index in [4.69, 9.17) is 0 Å². The molecule has 0 atom stereocenters. The monoisotopic (exact) mass is 356 g/mol. The highest BCUT2D eigenvalue weighted by Gasteiger charge is 2.47. The molecule has 2 aromatic rings. The average molecular weight is 357 g/mol. The Kier molecular flexibility index (Phi) is 3.22. The largest absolute Gasteiger partial charge is 0.362 e. The maximum atomic E-state index is 13.1. The number of carbonyl (C=O) groups excluding carboxylic acids is 1. The molecule has 4 heteroatoms. The minimum atomic E-state index is -0.279. The lowest BCUT2D eigenvalue weighted by Crippen LogP contribution is -2.58. The van der Waals surface area contributed by atoms with E-state index in [0.29, 0.717) is 0 Å². The summed E-state index contributed by atoms with van der Waals surface area (Å²) in [5, 5.41) is 3.66. The van der Waals surface area contributed by atoms with Crippen LogP contribution in [0.15, 0.2) is 53.0 Å². The molecular formula is C18H17BrN2O. The van der Waals surface area contributed by atoms with Gasteiger partial charge in [-0.2, -0.15) is 0 Å². The van der Waals surface area contributed by atoms with Crippen LogP contribution >= 0.6 is 15.9 Å². The summed E-state index contributed by atoms with van der Waals surface area (Å²) in [4.78, 5) is 15.1. The summed E-state index contributed by atoms with van der Waals surface area (Å²) in [5.74, 6) is 0.0959. The molecule has 1 aliphatic heterocycles. The van der Waals surface area contributed by atoms with Crippen molar-refractivity contribution in [2.45, 2.75) is 31.3 Å². The van der Waals surface area contributed by atoms with Gasteiger partial charge < -0.3 is 5.32 Å². The van der Waals surface area contributed by atoms with Crippen LogP contribution in [0.4, 0.5) is 11.4 Å². The second kappa shape index (κ2) is 5.13. The Balaban J connectivity index is 1.86. The summed E-state index contributed by atoms with van der Waals surface area (Å²) in [6, 6.07) is 15.8. The second-order valence-electron chi connectivity index (χ2n) is 6.03. The zero-order chi connectivity index (χ0) is 15.2. The van der Waals surface area contributed by atoms with E-state index in [1.54, 1.807) is 0 Å². The molecule has 22 heavy (non-hydrogen) atoms. The Morgan fingerprint density at radius 1 is 1.00 bits per heavy atom. The third kappa shape index (κ3) is 2.05. The summed E-state index contributed by atoms with van der Waals surface area (Å²) in [6.07, 6.45) is 4.28. The Morgan fingerprint density at radius 2 is 1.68 bits per heavy atom. The maximum Gasteiger partial charge on any atom is 0.262 e. The molecule has 1 fully saturated rings. The van der Waals surface area contributed by atoms with Crippen LogP contribution in [0.25, 0.3) is 0 Å². The van der Waals surface area contributed by atoms with Crippen molar-refractivity contribution in [2.24, 2.45) is 0 Å². The van der Waals surface area contributed by atoms with Gasteiger partial charge in [0.1, 0.15) is 5.66 Å². The predicted octanol–water partition coefficient (Wildman–Crippen LogP) is 4.79. The molecule has 3 nitrogen and oxygen atoms in total. The van der Waals surface area contributed by atoms with E-state index in [1.165, 1.54) is 0 Å². The van der Waals surface area contributed by atoms with Crippen LogP contribution in [0.3, 0.4) is 0 Å². The lowest BCUT2D eigenvalue weighted by Gasteiger charge is -2.46. The fourth-order valence-corrected chi connectivity index (χ4v) is 3.93. The second-order valence-corrected chi connectivity index (χ2v) is 6.94. The third-order valence-electron chi connectivity index (χ3n) is 4.67. The van der Waals surface area contributed by atoms with Gasteiger partial charge in [0.15, 0.2) is 0 Å². The van der Waals surface area contributed by atoms with Gasteiger partial charge in [-0.05, 0) is 62.1 Å². The molecule has 1 aliphatic carbocycles. The van der Waals surface area contributed by atoms with E-state index in [2.05, 4.69) is 21.2 Å². The van der Waals surface area contributed by atoms with E-state index in [0.717, 1.165) is 47.1 Å². The molecule has 1 amide bonds. The van der Waals surface area contributed by atoms with E-state index in [1.807, 2.05) is 53.4 Å². The van der Waals surface area contributed by atoms with Gasteiger partial charge in [-0.15, -0.1) is 0 Å². The smallest absolute Gasteiger partial charge is 0.262 e. The van der Waals surface area contributed by atoms with Gasteiger partial charge in [-0.3, -0.25) is 9.69 Å². The highest BCUT2D eigenvalue weighted by molar-refractivity contribution is 9.10. The zero-order valence-electron chi connectivity index (χ0n) is 12.2. The number of nitrogens with zero attached hydrogens (tertiary/aromatic N) is 1. The van der Waals surface area contributed by atoms with E-state index < -0.39 is 0 Å². The normalized spacial score (nSPS) is 19.1. The molecule has 1 spiro atoms. The molecule has 1 N–H and O–H groups in total. The maximum absolute atomic E-state index is 13.1. The van der Waals surface area contributed by atoms with Crippen LogP contribution in [0.5, 0.6) is 0 Å². The van der Waals surface area contributed by atoms with Gasteiger partial charge >= 0.3 is 0 Å². The average Bonchev–Trinajstić information content (AvgIpc) is 2.98. The number of nitrogens with one attached hydrogen (secondary N) is 1. The number of rotatable bonds is 1. The molecule has 0 unspecified atom stereocenters. The van der Waals surface area contributed by atoms with Gasteiger partial charge in [0.2, 0.25) is 0 Å². The van der Waals surface area contributed by atoms with Gasteiger partial charge in [0.05, 0.1) is 5.56 Å². The molecule has 0 saturated heterocycles. The van der Waals surface area contributed by atoms with Crippen molar-refractivity contribution in [3.8, 4) is 0 Å². The quantitative estimate of drug-likeness (QED) is 0.796. The van der Waals surface area contributed by atoms with Crippen molar-refractivity contribution in [1.29, 1.82) is 0 Å². The number of benzene rings is 2. The summed E-state index contributed by atoms with van der Waals surface area (Å²) >= 11 is 3.47. The van der Waals surface area contributed by atoms with Crippen molar-refractivity contribution in [2.75, 3.05) is 10.2 Å². The predicted molar refractivity (Wildman–Crippen MR) is 92.2 cm³/mol. The van der Waals surface area contributed by atoms with Crippen LogP contribution < -0.4 is 10.2 Å². The fourth-order valence-electron chi connectivity index (χ4n) is 3.66. The summed E-state index contributed by atoms with van der Waals surface area (Å²) < 4.78 is 1.02. The summed E-state index contributed by atoms with van der Waals surface area (Å²) in [6.45, 7) is 0. The Labute approximate surface area is 138 Å². The first-order chi connectivity index (χ1) is 10.7. The molecule has 4 rings (SSSR count). The highest BCUT2D eigenvalue weighted by Crippen LogP contribution is 2.43. The molecule has 2 aliphatic rings. The number of fused-ring (bicyclic) bond motifs is 1. The summed E-state index contributed by atoms with van der Waals surface area (Å²) in [7, 11) is 0. The molecule has 1 saturated carbocycles. The summed E-state index contributed by atoms with van der Waals surface area (Å²) in [5.41, 5.74) is 2.39. The molecule has 1 heterocycles. The van der Waals surface area contributed by atoms with Gasteiger partial charge in [-0.25, -0.2) is 0 Å². The standard InChI is InChI=1S/C18H17BrN2O/c19-13-7-9-14(10-8-13)21-17(22)15-5-1-2-6-16(15)20-18(21)11-3-4-12-18/h1-2,5-10,20H,3-4,11-12H2. The molecule has 0 radical (unpaired) electrons. The van der Waals surface area contributed by atoms with Crippen molar-refractivity contribution in [3.63, 3.8) is 0 Å². The lowest BCUT2D eigenvalue weighted by molar-refractivity contribution is 0.0954. The fraction of sp³-hybridized carbons (Fsp3) is 0.278. The van der Waals surface area contributed by atoms with E-state index >= 15 is 0 Å². The highest BCUT2D eigenvalue weighted by atomic mass is 79.9. The van der Waals surface area contributed by atoms with Crippen LogP contribution in [-0.4, -0.2) is 11.6 Å². The van der Waals surface area contributed by atoms with Gasteiger partial charge in [-0.1, -0.05) is 28.1 Å². The van der Waals surface area contributed by atoms with Crippen LogP contribution in [0.1, 0.15) is 36.0 Å². The van der Waals surface area contributed by atoms with Crippen LogP contribution in [0, 0.1) is 0 Å². The number of hydrogen-bond donors (Lipinski definition) is 1. The van der Waals surface area contributed by atoms with Crippen molar-refractivity contribution >= 4 is 33.2 Å². The number of halogens is 1.